The van der Waals surface area contributed by atoms with Crippen molar-refractivity contribution in [1.82, 2.24) is 0 Å². The van der Waals surface area contributed by atoms with Crippen LogP contribution in [0.25, 0.3) is 0 Å². The molecule has 2 aromatic carbocycles. The zero-order valence-corrected chi connectivity index (χ0v) is 11.8. The molecule has 0 spiro atoms. The number of benzene rings is 2. The molecular formula is C15H16N2OS. The minimum absolute atomic E-state index is 0.253. The van der Waals surface area contributed by atoms with Crippen LogP contribution in [-0.4, -0.2) is 5.11 Å². The Balaban J connectivity index is 2.15. The molecule has 19 heavy (non-hydrogen) atoms. The molecular weight excluding hydrogens is 256 g/mol. The first-order valence-electron chi connectivity index (χ1n) is 5.97. The van der Waals surface area contributed by atoms with E-state index in [1.54, 1.807) is 0 Å². The van der Waals surface area contributed by atoms with Crippen LogP contribution in [0.4, 0.5) is 5.69 Å². The minimum atomic E-state index is 0.253. The molecule has 0 bridgehead atoms. The van der Waals surface area contributed by atoms with E-state index in [0.29, 0.717) is 0 Å². The van der Waals surface area contributed by atoms with Crippen LogP contribution in [0.15, 0.2) is 42.5 Å². The Labute approximate surface area is 118 Å². The molecule has 0 fully saturated rings. The van der Waals surface area contributed by atoms with E-state index in [1.807, 2.05) is 43.3 Å². The summed E-state index contributed by atoms with van der Waals surface area (Å²) in [6, 6.07) is 13.5. The summed E-state index contributed by atoms with van der Waals surface area (Å²) in [7, 11) is 0. The fraction of sp³-hybridized carbons (Fsp3) is 0.133. The molecule has 0 aliphatic rings. The second-order valence-corrected chi connectivity index (χ2v) is 4.75. The lowest BCUT2D eigenvalue weighted by atomic mass is 10.1. The highest BCUT2D eigenvalue weighted by Gasteiger charge is 2.03. The summed E-state index contributed by atoms with van der Waals surface area (Å²) < 4.78 is 5.86. The summed E-state index contributed by atoms with van der Waals surface area (Å²) in [5.41, 5.74) is 8.62. The average molecular weight is 272 g/mol. The number of nitrogens with one attached hydrogen (secondary N) is 1. The molecule has 3 N–H and O–H groups in total. The summed E-state index contributed by atoms with van der Waals surface area (Å²) >= 11 is 4.78. The molecule has 0 saturated carbocycles. The zero-order valence-electron chi connectivity index (χ0n) is 10.9. The van der Waals surface area contributed by atoms with E-state index in [-0.39, 0.29) is 5.11 Å². The van der Waals surface area contributed by atoms with Gasteiger partial charge in [-0.15, -0.1) is 0 Å². The first-order chi connectivity index (χ1) is 9.06. The van der Waals surface area contributed by atoms with Gasteiger partial charge >= 0.3 is 0 Å². The van der Waals surface area contributed by atoms with Crippen molar-refractivity contribution in [3.63, 3.8) is 0 Å². The van der Waals surface area contributed by atoms with Gasteiger partial charge in [0, 0.05) is 5.69 Å². The van der Waals surface area contributed by atoms with Crippen LogP contribution in [0.3, 0.4) is 0 Å². The summed E-state index contributed by atoms with van der Waals surface area (Å²) in [4.78, 5) is 0. The third-order valence-corrected chi connectivity index (χ3v) is 3.01. The number of hydrogen-bond acceptors (Lipinski definition) is 2. The summed E-state index contributed by atoms with van der Waals surface area (Å²) in [5.74, 6) is 1.65. The van der Waals surface area contributed by atoms with Gasteiger partial charge in [0.05, 0.1) is 0 Å². The third kappa shape index (κ3) is 3.45. The Kier molecular flexibility index (Phi) is 4.02. The molecule has 2 rings (SSSR count). The fourth-order valence-corrected chi connectivity index (χ4v) is 1.83. The monoisotopic (exact) mass is 272 g/mol. The number of hydrogen-bond donors (Lipinski definition) is 2. The molecule has 2 aromatic rings. The number of ether oxygens (including phenoxy) is 1. The first kappa shape index (κ1) is 13.4. The van der Waals surface area contributed by atoms with Crippen LogP contribution in [0, 0.1) is 13.8 Å². The van der Waals surface area contributed by atoms with E-state index in [9.17, 15) is 0 Å². The Bertz CT molecular complexity index is 594. The maximum Gasteiger partial charge on any atom is 0.168 e. The first-order valence-corrected chi connectivity index (χ1v) is 6.37. The van der Waals surface area contributed by atoms with E-state index in [2.05, 4.69) is 18.3 Å². The predicted molar refractivity (Wildman–Crippen MR) is 82.8 cm³/mol. The van der Waals surface area contributed by atoms with Gasteiger partial charge in [-0.25, -0.2) is 0 Å². The Morgan fingerprint density at radius 2 is 1.79 bits per heavy atom. The topological polar surface area (TPSA) is 47.3 Å². The Hall–Kier alpha value is -2.07. The molecule has 0 atom stereocenters. The van der Waals surface area contributed by atoms with Crippen LogP contribution in [0.2, 0.25) is 0 Å². The number of rotatable bonds is 3. The lowest BCUT2D eigenvalue weighted by molar-refractivity contribution is 0.478. The average Bonchev–Trinajstić information content (AvgIpc) is 2.37. The van der Waals surface area contributed by atoms with Gasteiger partial charge < -0.3 is 15.8 Å². The van der Waals surface area contributed by atoms with Crippen LogP contribution in [0.5, 0.6) is 11.5 Å². The number of thiocarbonyl (C=S) groups is 1. The lowest BCUT2D eigenvalue weighted by Crippen LogP contribution is -2.18. The van der Waals surface area contributed by atoms with Gasteiger partial charge in [0.15, 0.2) is 5.11 Å². The van der Waals surface area contributed by atoms with Crippen molar-refractivity contribution >= 4 is 23.0 Å². The van der Waals surface area contributed by atoms with Crippen molar-refractivity contribution < 1.29 is 4.74 Å². The van der Waals surface area contributed by atoms with Crippen molar-refractivity contribution in [3.05, 3.63) is 53.6 Å². The quantitative estimate of drug-likeness (QED) is 0.835. The van der Waals surface area contributed by atoms with Crippen LogP contribution < -0.4 is 15.8 Å². The van der Waals surface area contributed by atoms with Crippen molar-refractivity contribution in [3.8, 4) is 11.5 Å². The van der Waals surface area contributed by atoms with Crippen molar-refractivity contribution in [2.45, 2.75) is 13.8 Å². The van der Waals surface area contributed by atoms with Gasteiger partial charge in [0.25, 0.3) is 0 Å². The Morgan fingerprint density at radius 3 is 2.42 bits per heavy atom. The second-order valence-electron chi connectivity index (χ2n) is 4.31. The molecule has 0 heterocycles. The highest BCUT2D eigenvalue weighted by Crippen LogP contribution is 2.27. The maximum atomic E-state index is 5.86. The van der Waals surface area contributed by atoms with E-state index >= 15 is 0 Å². The van der Waals surface area contributed by atoms with Crippen LogP contribution >= 0.6 is 12.2 Å². The molecule has 0 saturated heterocycles. The normalized spacial score (nSPS) is 10.0. The standard InChI is InChI=1S/C15H16N2OS/c1-10-4-3-5-14(11(10)2)18-13-8-6-12(7-9-13)17-15(16)19/h3-9H,1-2H3,(H3,16,17,19). The second kappa shape index (κ2) is 5.71. The smallest absolute Gasteiger partial charge is 0.168 e. The lowest BCUT2D eigenvalue weighted by Gasteiger charge is -2.11. The molecule has 4 heteroatoms. The van der Waals surface area contributed by atoms with Gasteiger partial charge in [-0.2, -0.15) is 0 Å². The fourth-order valence-electron chi connectivity index (χ4n) is 1.71. The highest BCUT2D eigenvalue weighted by molar-refractivity contribution is 7.80. The van der Waals surface area contributed by atoms with E-state index in [1.165, 1.54) is 5.56 Å². The summed E-state index contributed by atoms with van der Waals surface area (Å²) in [6.07, 6.45) is 0. The van der Waals surface area contributed by atoms with Crippen LogP contribution in [0.1, 0.15) is 11.1 Å². The zero-order chi connectivity index (χ0) is 13.8. The molecule has 0 aromatic heterocycles. The molecule has 0 unspecified atom stereocenters. The van der Waals surface area contributed by atoms with E-state index in [0.717, 1.165) is 22.7 Å². The van der Waals surface area contributed by atoms with Gasteiger partial charge in [0.2, 0.25) is 0 Å². The maximum absolute atomic E-state index is 5.86. The molecule has 0 radical (unpaired) electrons. The minimum Gasteiger partial charge on any atom is -0.457 e. The number of nitrogens with two attached hydrogens (primary N) is 1. The summed E-state index contributed by atoms with van der Waals surface area (Å²) in [5, 5.41) is 3.12. The SMILES string of the molecule is Cc1cccc(Oc2ccc(NC(N)=S)cc2)c1C. The van der Waals surface area contributed by atoms with E-state index < -0.39 is 0 Å². The third-order valence-electron chi connectivity index (χ3n) is 2.90. The number of anilines is 1. The number of aryl methyl sites for hydroxylation is 1. The van der Waals surface area contributed by atoms with Gasteiger partial charge in [-0.3, -0.25) is 0 Å². The van der Waals surface area contributed by atoms with Gasteiger partial charge in [-0.05, 0) is 67.5 Å². The molecule has 98 valence electrons. The largest absolute Gasteiger partial charge is 0.457 e. The van der Waals surface area contributed by atoms with Crippen LogP contribution in [-0.2, 0) is 0 Å². The Morgan fingerprint density at radius 1 is 1.11 bits per heavy atom. The molecule has 0 amide bonds. The van der Waals surface area contributed by atoms with Crippen molar-refractivity contribution in [2.75, 3.05) is 5.32 Å². The van der Waals surface area contributed by atoms with Crippen molar-refractivity contribution in [2.24, 2.45) is 5.73 Å². The van der Waals surface area contributed by atoms with Crippen molar-refractivity contribution in [1.29, 1.82) is 0 Å². The van der Waals surface area contributed by atoms with Gasteiger partial charge in [-0.1, -0.05) is 12.1 Å². The predicted octanol–water partition coefficient (Wildman–Crippen LogP) is 3.75. The summed E-state index contributed by atoms with van der Waals surface area (Å²) in [6.45, 7) is 4.12. The highest BCUT2D eigenvalue weighted by atomic mass is 32.1. The molecule has 0 aliphatic heterocycles. The van der Waals surface area contributed by atoms with Gasteiger partial charge in [0.1, 0.15) is 11.5 Å². The van der Waals surface area contributed by atoms with E-state index in [4.69, 9.17) is 22.7 Å². The molecule has 3 nitrogen and oxygen atoms in total. The molecule has 0 aliphatic carbocycles.